The minimum Gasteiger partial charge on any atom is -0.480 e. The summed E-state index contributed by atoms with van der Waals surface area (Å²) >= 11 is 0. The van der Waals surface area contributed by atoms with E-state index in [0.717, 1.165) is 9.80 Å². The van der Waals surface area contributed by atoms with Crippen molar-refractivity contribution in [3.63, 3.8) is 0 Å². The molecule has 0 radical (unpaired) electrons. The van der Waals surface area contributed by atoms with Crippen LogP contribution in [0, 0.1) is 0 Å². The Bertz CT molecular complexity index is 607. The van der Waals surface area contributed by atoms with E-state index in [1.807, 2.05) is 0 Å². The van der Waals surface area contributed by atoms with Gasteiger partial charge in [-0.25, -0.2) is 19.3 Å². The van der Waals surface area contributed by atoms with Gasteiger partial charge in [0, 0.05) is 13.0 Å². The first-order chi connectivity index (χ1) is 12.2. The van der Waals surface area contributed by atoms with E-state index in [9.17, 15) is 24.3 Å². The number of likely N-dealkylation sites (tertiary alicyclic amines) is 1. The highest BCUT2D eigenvalue weighted by atomic mass is 16.6. The zero-order valence-corrected chi connectivity index (χ0v) is 16.6. The number of ether oxygens (including phenoxy) is 2. The molecule has 10 nitrogen and oxygen atoms in total. The van der Waals surface area contributed by atoms with Gasteiger partial charge in [0.05, 0.1) is 12.6 Å². The number of carbonyl (C=O) groups is 4. The van der Waals surface area contributed by atoms with E-state index < -0.39 is 53.9 Å². The molecule has 1 fully saturated rings. The molecule has 1 aliphatic heterocycles. The average molecular weight is 387 g/mol. The molecule has 2 atom stereocenters. The fraction of sp³-hybridized carbons (Fsp3) is 0.765. The third kappa shape index (κ3) is 6.38. The average Bonchev–Trinajstić information content (AvgIpc) is 2.88. The van der Waals surface area contributed by atoms with Crippen LogP contribution in [0.4, 0.5) is 9.59 Å². The molecule has 154 valence electrons. The maximum atomic E-state index is 12.5. The van der Waals surface area contributed by atoms with Gasteiger partial charge in [-0.2, -0.15) is 0 Å². The molecule has 1 aliphatic rings. The fourth-order valence-corrected chi connectivity index (χ4v) is 2.62. The first-order valence-corrected chi connectivity index (χ1v) is 8.64. The number of nitrogens with two attached hydrogens (primary N) is 1. The van der Waals surface area contributed by atoms with Crippen LogP contribution < -0.4 is 5.73 Å². The van der Waals surface area contributed by atoms with E-state index in [4.69, 9.17) is 15.2 Å². The highest BCUT2D eigenvalue weighted by molar-refractivity contribution is 5.94. The fourth-order valence-electron chi connectivity index (χ4n) is 2.62. The molecular formula is C17H29N3O7. The van der Waals surface area contributed by atoms with E-state index >= 15 is 0 Å². The van der Waals surface area contributed by atoms with Crippen molar-refractivity contribution in [1.29, 1.82) is 0 Å². The zero-order valence-electron chi connectivity index (χ0n) is 16.6. The van der Waals surface area contributed by atoms with Gasteiger partial charge in [-0.15, -0.1) is 0 Å². The number of aliphatic carboxylic acids is 1. The van der Waals surface area contributed by atoms with E-state index in [1.54, 1.807) is 41.5 Å². The Hall–Kier alpha value is -2.36. The van der Waals surface area contributed by atoms with Crippen molar-refractivity contribution >= 4 is 24.1 Å². The van der Waals surface area contributed by atoms with Crippen LogP contribution in [0.1, 0.15) is 48.0 Å². The SMILES string of the molecule is CC(C)(C)OC(=O)N1C[C@@H](N(C(=O)CN)C(=O)OC(C)(C)C)C[C@@H]1C(=O)O. The highest BCUT2D eigenvalue weighted by Crippen LogP contribution is 2.26. The van der Waals surface area contributed by atoms with Gasteiger partial charge >= 0.3 is 18.2 Å². The minimum absolute atomic E-state index is 0.139. The van der Waals surface area contributed by atoms with Crippen molar-refractivity contribution in [2.45, 2.75) is 71.2 Å². The largest absolute Gasteiger partial charge is 0.480 e. The van der Waals surface area contributed by atoms with Gasteiger partial charge < -0.3 is 20.3 Å². The van der Waals surface area contributed by atoms with Crippen LogP contribution in [0.5, 0.6) is 0 Å². The van der Waals surface area contributed by atoms with Crippen molar-refractivity contribution in [1.82, 2.24) is 9.80 Å². The number of hydrogen-bond donors (Lipinski definition) is 2. The molecule has 0 aromatic carbocycles. The summed E-state index contributed by atoms with van der Waals surface area (Å²) in [5, 5.41) is 9.46. The van der Waals surface area contributed by atoms with Crippen molar-refractivity contribution in [2.24, 2.45) is 5.73 Å². The lowest BCUT2D eigenvalue weighted by Gasteiger charge is -2.30. The lowest BCUT2D eigenvalue weighted by molar-refractivity contribution is -0.142. The Morgan fingerprint density at radius 3 is 2.00 bits per heavy atom. The molecular weight excluding hydrogens is 358 g/mol. The summed E-state index contributed by atoms with van der Waals surface area (Å²) in [6, 6.07) is -2.12. The lowest BCUT2D eigenvalue weighted by atomic mass is 10.1. The summed E-state index contributed by atoms with van der Waals surface area (Å²) in [5.41, 5.74) is 3.71. The summed E-state index contributed by atoms with van der Waals surface area (Å²) in [5.74, 6) is -1.97. The standard InChI is InChI=1S/C17H29N3O7/c1-16(2,3)26-14(24)19-9-10(7-11(19)13(22)23)20(12(21)8-18)15(25)27-17(4,5)6/h10-11H,7-9,18H2,1-6H3,(H,22,23)/t10-,11+/m0/s1. The van der Waals surface area contributed by atoms with Crippen molar-refractivity contribution in [3.8, 4) is 0 Å². The van der Waals surface area contributed by atoms with Crippen LogP contribution in [0.25, 0.3) is 0 Å². The first-order valence-electron chi connectivity index (χ1n) is 8.64. The Balaban J connectivity index is 3.11. The second-order valence-electron chi connectivity index (χ2n) is 8.32. The van der Waals surface area contributed by atoms with Crippen LogP contribution >= 0.6 is 0 Å². The molecule has 1 heterocycles. The van der Waals surface area contributed by atoms with Gasteiger partial charge in [0.2, 0.25) is 5.91 Å². The number of rotatable bonds is 3. The third-order valence-corrected chi connectivity index (χ3v) is 3.59. The number of carboxylic acids is 1. The maximum absolute atomic E-state index is 12.5. The smallest absolute Gasteiger partial charge is 0.417 e. The second kappa shape index (κ2) is 8.12. The third-order valence-electron chi connectivity index (χ3n) is 3.59. The Morgan fingerprint density at radius 1 is 1.07 bits per heavy atom. The van der Waals surface area contributed by atoms with Gasteiger partial charge in [-0.3, -0.25) is 9.69 Å². The Morgan fingerprint density at radius 2 is 1.59 bits per heavy atom. The van der Waals surface area contributed by atoms with E-state index in [2.05, 4.69) is 0 Å². The topological polar surface area (TPSA) is 139 Å². The normalized spacial score (nSPS) is 20.2. The number of imide groups is 1. The molecule has 0 aromatic heterocycles. The molecule has 1 rings (SSSR count). The molecule has 3 amide bonds. The number of carboxylic acid groups (broad SMARTS) is 1. The van der Waals surface area contributed by atoms with Crippen LogP contribution in [0.3, 0.4) is 0 Å². The van der Waals surface area contributed by atoms with E-state index in [1.165, 1.54) is 0 Å². The van der Waals surface area contributed by atoms with Crippen molar-refractivity contribution < 1.29 is 33.8 Å². The van der Waals surface area contributed by atoms with Crippen molar-refractivity contribution in [2.75, 3.05) is 13.1 Å². The molecule has 0 aromatic rings. The summed E-state index contributed by atoms with van der Waals surface area (Å²) in [4.78, 5) is 50.5. The number of amides is 3. The number of hydrogen-bond acceptors (Lipinski definition) is 7. The van der Waals surface area contributed by atoms with Gasteiger partial charge in [-0.05, 0) is 41.5 Å². The predicted molar refractivity (Wildman–Crippen MR) is 94.9 cm³/mol. The maximum Gasteiger partial charge on any atom is 0.417 e. The van der Waals surface area contributed by atoms with E-state index in [0.29, 0.717) is 0 Å². The van der Waals surface area contributed by atoms with E-state index in [-0.39, 0.29) is 13.0 Å². The molecule has 0 aliphatic carbocycles. The predicted octanol–water partition coefficient (Wildman–Crippen LogP) is 1.17. The second-order valence-corrected chi connectivity index (χ2v) is 8.32. The Kier molecular flexibility index (Phi) is 6.82. The Labute approximate surface area is 158 Å². The summed E-state index contributed by atoms with van der Waals surface area (Å²) < 4.78 is 10.5. The minimum atomic E-state index is -1.26. The molecule has 0 unspecified atom stereocenters. The van der Waals surface area contributed by atoms with Crippen LogP contribution in [0.15, 0.2) is 0 Å². The van der Waals surface area contributed by atoms with Gasteiger partial charge in [0.1, 0.15) is 17.2 Å². The zero-order chi connectivity index (χ0) is 21.2. The number of nitrogens with zero attached hydrogens (tertiary/aromatic N) is 2. The van der Waals surface area contributed by atoms with Crippen LogP contribution in [-0.4, -0.2) is 75.3 Å². The molecule has 0 saturated carbocycles. The van der Waals surface area contributed by atoms with Gasteiger partial charge in [0.25, 0.3) is 0 Å². The molecule has 10 heteroatoms. The van der Waals surface area contributed by atoms with Gasteiger partial charge in [-0.1, -0.05) is 0 Å². The van der Waals surface area contributed by atoms with Gasteiger partial charge in [0.15, 0.2) is 0 Å². The van der Waals surface area contributed by atoms with Crippen LogP contribution in [0.2, 0.25) is 0 Å². The molecule has 27 heavy (non-hydrogen) atoms. The van der Waals surface area contributed by atoms with Crippen molar-refractivity contribution in [3.05, 3.63) is 0 Å². The quantitative estimate of drug-likeness (QED) is 0.735. The summed E-state index contributed by atoms with van der Waals surface area (Å²) in [6.45, 7) is 9.22. The molecule has 0 bridgehead atoms. The summed E-state index contributed by atoms with van der Waals surface area (Å²) in [7, 11) is 0. The molecule has 0 spiro atoms. The monoisotopic (exact) mass is 387 g/mol. The van der Waals surface area contributed by atoms with Crippen LogP contribution in [-0.2, 0) is 19.1 Å². The lowest BCUT2D eigenvalue weighted by Crippen LogP contribution is -2.50. The molecule has 3 N–H and O–H groups in total. The first kappa shape index (κ1) is 22.7. The highest BCUT2D eigenvalue weighted by Gasteiger charge is 2.46. The number of carbonyl (C=O) groups excluding carboxylic acids is 3. The molecule has 1 saturated heterocycles. The summed E-state index contributed by atoms with van der Waals surface area (Å²) in [6.07, 6.45) is -1.90.